The van der Waals surface area contributed by atoms with Crippen LogP contribution in [-0.2, 0) is 24.1 Å². The Morgan fingerprint density at radius 3 is 2.93 bits per heavy atom. The molecular formula is C19H23N7OS. The van der Waals surface area contributed by atoms with E-state index in [4.69, 9.17) is 4.98 Å². The molecule has 0 saturated heterocycles. The summed E-state index contributed by atoms with van der Waals surface area (Å²) in [7, 11) is 0. The minimum Gasteiger partial charge on any atom is -0.355 e. The second-order valence-electron chi connectivity index (χ2n) is 6.94. The summed E-state index contributed by atoms with van der Waals surface area (Å²) in [6.45, 7) is 4.44. The number of amides is 1. The van der Waals surface area contributed by atoms with Gasteiger partial charge in [-0.25, -0.2) is 9.97 Å². The van der Waals surface area contributed by atoms with Crippen LogP contribution < -0.4 is 5.32 Å². The lowest BCUT2D eigenvalue weighted by molar-refractivity contribution is -0.118. The lowest BCUT2D eigenvalue weighted by atomic mass is 9.95. The average molecular weight is 398 g/mol. The summed E-state index contributed by atoms with van der Waals surface area (Å²) in [6, 6.07) is 3.70. The Labute approximate surface area is 167 Å². The molecule has 0 unspecified atom stereocenters. The highest BCUT2D eigenvalue weighted by Gasteiger charge is 2.15. The van der Waals surface area contributed by atoms with Crippen molar-refractivity contribution >= 4 is 23.3 Å². The van der Waals surface area contributed by atoms with E-state index in [1.54, 1.807) is 4.52 Å². The molecule has 28 heavy (non-hydrogen) atoms. The summed E-state index contributed by atoms with van der Waals surface area (Å²) < 4.78 is 1.68. The number of nitrogens with one attached hydrogen (secondary N) is 1. The van der Waals surface area contributed by atoms with E-state index >= 15 is 0 Å². The van der Waals surface area contributed by atoms with E-state index in [9.17, 15) is 4.79 Å². The number of carbonyl (C=O) groups is 1. The van der Waals surface area contributed by atoms with Crippen LogP contribution in [0.25, 0.3) is 5.65 Å². The third-order valence-corrected chi connectivity index (χ3v) is 5.77. The monoisotopic (exact) mass is 397 g/mol. The van der Waals surface area contributed by atoms with Gasteiger partial charge in [0.15, 0.2) is 11.5 Å². The molecule has 0 aromatic carbocycles. The molecule has 0 spiro atoms. The molecule has 1 aliphatic carbocycles. The summed E-state index contributed by atoms with van der Waals surface area (Å²) in [5.74, 6) is 1.83. The maximum atomic E-state index is 12.2. The average Bonchev–Trinajstić information content (AvgIpc) is 3.07. The second kappa shape index (κ2) is 8.22. The van der Waals surface area contributed by atoms with Crippen molar-refractivity contribution in [3.05, 3.63) is 40.7 Å². The van der Waals surface area contributed by atoms with E-state index in [0.717, 1.165) is 35.2 Å². The molecule has 1 N–H and O–H groups in total. The fraction of sp³-hybridized carbons (Fsp3) is 0.474. The summed E-state index contributed by atoms with van der Waals surface area (Å²) >= 11 is 1.39. The number of thioether (sulfide) groups is 1. The molecule has 146 valence electrons. The van der Waals surface area contributed by atoms with E-state index in [1.807, 2.05) is 19.1 Å². The van der Waals surface area contributed by atoms with E-state index in [1.165, 1.54) is 35.9 Å². The quantitative estimate of drug-likeness (QED) is 0.634. The molecule has 8 nitrogen and oxygen atoms in total. The topological polar surface area (TPSA) is 98.0 Å². The highest BCUT2D eigenvalue weighted by atomic mass is 32.2. The van der Waals surface area contributed by atoms with Crippen LogP contribution in [0.2, 0.25) is 0 Å². The van der Waals surface area contributed by atoms with Gasteiger partial charge >= 0.3 is 0 Å². The number of hydrogen-bond donors (Lipinski definition) is 1. The van der Waals surface area contributed by atoms with Gasteiger partial charge in [0.25, 0.3) is 0 Å². The van der Waals surface area contributed by atoms with Gasteiger partial charge < -0.3 is 5.32 Å². The van der Waals surface area contributed by atoms with Gasteiger partial charge in [0, 0.05) is 24.4 Å². The lowest BCUT2D eigenvalue weighted by Crippen LogP contribution is -2.28. The molecule has 0 aliphatic heterocycles. The maximum Gasteiger partial charge on any atom is 0.230 e. The Kier molecular flexibility index (Phi) is 5.52. The number of aromatic nitrogens is 6. The first-order valence-corrected chi connectivity index (χ1v) is 10.5. The van der Waals surface area contributed by atoms with Gasteiger partial charge in [-0.3, -0.25) is 4.79 Å². The minimum atomic E-state index is -0.0259. The highest BCUT2D eigenvalue weighted by molar-refractivity contribution is 7.99. The summed E-state index contributed by atoms with van der Waals surface area (Å²) in [6.07, 6.45) is 5.20. The molecular weight excluding hydrogens is 374 g/mol. The van der Waals surface area contributed by atoms with E-state index in [0.29, 0.717) is 24.4 Å². The third-order valence-electron chi connectivity index (χ3n) is 4.85. The smallest absolute Gasteiger partial charge is 0.230 e. The first-order chi connectivity index (χ1) is 13.6. The van der Waals surface area contributed by atoms with Crippen LogP contribution in [0.15, 0.2) is 17.2 Å². The van der Waals surface area contributed by atoms with E-state index in [-0.39, 0.29) is 5.91 Å². The predicted molar refractivity (Wildman–Crippen MR) is 106 cm³/mol. The molecule has 0 atom stereocenters. The Hall–Kier alpha value is -2.55. The molecule has 0 fully saturated rings. The summed E-state index contributed by atoms with van der Waals surface area (Å²) in [4.78, 5) is 21.5. The first kappa shape index (κ1) is 18.8. The Morgan fingerprint density at radius 1 is 1.18 bits per heavy atom. The number of aryl methyl sites for hydroxylation is 3. The highest BCUT2D eigenvalue weighted by Crippen LogP contribution is 2.21. The Morgan fingerprint density at radius 2 is 2.04 bits per heavy atom. The fourth-order valence-corrected chi connectivity index (χ4v) is 4.10. The van der Waals surface area contributed by atoms with Crippen molar-refractivity contribution < 1.29 is 4.79 Å². The molecule has 1 aliphatic rings. The molecule has 0 saturated carbocycles. The molecule has 4 rings (SSSR count). The number of rotatable bonds is 6. The van der Waals surface area contributed by atoms with Crippen molar-refractivity contribution in [3.63, 3.8) is 0 Å². The summed E-state index contributed by atoms with van der Waals surface area (Å²) in [5, 5.41) is 16.1. The van der Waals surface area contributed by atoms with Crippen molar-refractivity contribution in [1.82, 2.24) is 35.1 Å². The molecule has 3 aromatic heterocycles. The molecule has 3 heterocycles. The second-order valence-corrected chi connectivity index (χ2v) is 7.93. The van der Waals surface area contributed by atoms with Crippen LogP contribution in [-0.4, -0.2) is 48.0 Å². The van der Waals surface area contributed by atoms with Crippen molar-refractivity contribution in [3.8, 4) is 0 Å². The zero-order chi connectivity index (χ0) is 19.5. The molecule has 3 aromatic rings. The zero-order valence-corrected chi connectivity index (χ0v) is 16.9. The van der Waals surface area contributed by atoms with Crippen LogP contribution in [0.5, 0.6) is 0 Å². The SMILES string of the molecule is Cc1nc(CCNC(=O)CSc2ccc3nnc(C)n3n2)nc2c1CCCC2. The minimum absolute atomic E-state index is 0.0259. The Bertz CT molecular complexity index is 1020. The van der Waals surface area contributed by atoms with Crippen molar-refractivity contribution in [2.24, 2.45) is 0 Å². The Balaban J connectivity index is 1.27. The predicted octanol–water partition coefficient (Wildman–Crippen LogP) is 1.86. The van der Waals surface area contributed by atoms with E-state index in [2.05, 4.69) is 32.5 Å². The van der Waals surface area contributed by atoms with Crippen LogP contribution in [0.4, 0.5) is 0 Å². The van der Waals surface area contributed by atoms with Gasteiger partial charge in [-0.15, -0.1) is 10.2 Å². The molecule has 1 amide bonds. The van der Waals surface area contributed by atoms with Crippen LogP contribution in [0.1, 0.15) is 41.4 Å². The van der Waals surface area contributed by atoms with Crippen molar-refractivity contribution in [2.75, 3.05) is 12.3 Å². The lowest BCUT2D eigenvalue weighted by Gasteiger charge is -2.17. The third kappa shape index (κ3) is 4.14. The van der Waals surface area contributed by atoms with Crippen molar-refractivity contribution in [1.29, 1.82) is 0 Å². The van der Waals surface area contributed by atoms with Gasteiger partial charge in [0.05, 0.1) is 5.75 Å². The zero-order valence-electron chi connectivity index (χ0n) is 16.1. The summed E-state index contributed by atoms with van der Waals surface area (Å²) in [5.41, 5.74) is 4.31. The van der Waals surface area contributed by atoms with Gasteiger partial charge in [0.2, 0.25) is 5.91 Å². The molecule has 9 heteroatoms. The van der Waals surface area contributed by atoms with Crippen LogP contribution >= 0.6 is 11.8 Å². The van der Waals surface area contributed by atoms with Gasteiger partial charge in [-0.05, 0) is 57.2 Å². The maximum absolute atomic E-state index is 12.2. The standard InChI is InChI=1S/C19H23N7OS/c1-12-14-5-3-4-6-15(14)22-16(21-12)9-10-20-18(27)11-28-19-8-7-17-24-23-13(2)26(17)25-19/h7-8H,3-6,9-11H2,1-2H3,(H,20,27). The van der Waals surface area contributed by atoms with Gasteiger partial charge in [-0.1, -0.05) is 11.8 Å². The van der Waals surface area contributed by atoms with Crippen LogP contribution in [0, 0.1) is 13.8 Å². The van der Waals surface area contributed by atoms with Gasteiger partial charge in [0.1, 0.15) is 10.9 Å². The van der Waals surface area contributed by atoms with E-state index < -0.39 is 0 Å². The first-order valence-electron chi connectivity index (χ1n) is 9.54. The molecule has 0 bridgehead atoms. The number of carbonyl (C=O) groups excluding carboxylic acids is 1. The van der Waals surface area contributed by atoms with Crippen LogP contribution in [0.3, 0.4) is 0 Å². The normalized spacial score (nSPS) is 13.5. The largest absolute Gasteiger partial charge is 0.355 e. The number of nitrogens with zero attached hydrogens (tertiary/aromatic N) is 6. The van der Waals surface area contributed by atoms with Crippen molar-refractivity contribution in [2.45, 2.75) is 51.0 Å². The molecule has 0 radical (unpaired) electrons. The fourth-order valence-electron chi connectivity index (χ4n) is 3.42. The number of hydrogen-bond acceptors (Lipinski definition) is 7. The van der Waals surface area contributed by atoms with Gasteiger partial charge in [-0.2, -0.15) is 9.61 Å². The number of fused-ring (bicyclic) bond motifs is 2.